The van der Waals surface area contributed by atoms with Gasteiger partial charge in [-0.2, -0.15) is 0 Å². The Kier molecular flexibility index (Phi) is 6.58. The first-order valence-electron chi connectivity index (χ1n) is 8.56. The van der Waals surface area contributed by atoms with Crippen molar-refractivity contribution >= 4 is 11.9 Å². The van der Waals surface area contributed by atoms with Crippen molar-refractivity contribution in [2.24, 2.45) is 0 Å². The zero-order valence-electron chi connectivity index (χ0n) is 15.9. The summed E-state index contributed by atoms with van der Waals surface area (Å²) >= 11 is 0. The molecule has 0 radical (unpaired) electrons. The molecule has 6 nitrogen and oxygen atoms in total. The Morgan fingerprint density at radius 1 is 1.23 bits per heavy atom. The van der Waals surface area contributed by atoms with Crippen LogP contribution >= 0.6 is 0 Å². The number of rotatable bonds is 7. The molecule has 1 aromatic heterocycles. The molecule has 1 amide bonds. The monoisotopic (exact) mass is 358 g/mol. The Bertz CT molecular complexity index is 754. The van der Waals surface area contributed by atoms with Crippen LogP contribution in [0.25, 0.3) is 0 Å². The third kappa shape index (κ3) is 4.73. The van der Waals surface area contributed by atoms with Gasteiger partial charge in [-0.1, -0.05) is 30.3 Å². The number of likely N-dealkylation sites (N-methyl/N-ethyl adjacent to an activating group) is 1. The van der Waals surface area contributed by atoms with Gasteiger partial charge in [0.25, 0.3) is 0 Å². The summed E-state index contributed by atoms with van der Waals surface area (Å²) in [4.78, 5) is 26.1. The maximum Gasteiger partial charge on any atom is 0.341 e. The summed E-state index contributed by atoms with van der Waals surface area (Å²) in [6, 6.07) is 11.1. The molecule has 0 fully saturated rings. The molecule has 2 rings (SSSR count). The lowest BCUT2D eigenvalue weighted by Crippen LogP contribution is -2.43. The van der Waals surface area contributed by atoms with Crippen molar-refractivity contribution in [2.45, 2.75) is 39.4 Å². The van der Waals surface area contributed by atoms with E-state index in [9.17, 15) is 9.59 Å². The number of carbonyl (C=O) groups excluding carboxylic acids is 2. The maximum atomic E-state index is 12.5. The highest BCUT2D eigenvalue weighted by Crippen LogP contribution is 2.18. The van der Waals surface area contributed by atoms with Crippen LogP contribution in [-0.4, -0.2) is 37.0 Å². The summed E-state index contributed by atoms with van der Waals surface area (Å²) in [5.74, 6) is 0.624. The van der Waals surface area contributed by atoms with Crippen LogP contribution in [0.3, 0.4) is 0 Å². The van der Waals surface area contributed by atoms with Crippen LogP contribution in [0.1, 0.15) is 47.3 Å². The number of amides is 1. The molecular formula is C20H26N2O4. The number of esters is 1. The fraction of sp³-hybridized carbons (Fsp3) is 0.400. The number of furan rings is 1. The highest BCUT2D eigenvalue weighted by atomic mass is 16.5. The molecular weight excluding hydrogens is 332 g/mol. The standard InChI is InChI=1S/C20H26N2O4/c1-13(16-9-7-6-8-10-16)21-19(23)14(2)22(4)12-17-11-18(15(3)26-17)20(24)25-5/h6-11,13-14H,12H2,1-5H3,(H,21,23). The SMILES string of the molecule is COC(=O)c1cc(CN(C)C(C)C(=O)NC(C)c2ccccc2)oc1C. The Morgan fingerprint density at radius 3 is 2.50 bits per heavy atom. The maximum absolute atomic E-state index is 12.5. The van der Waals surface area contributed by atoms with E-state index in [4.69, 9.17) is 9.15 Å². The van der Waals surface area contributed by atoms with Crippen molar-refractivity contribution in [1.29, 1.82) is 0 Å². The van der Waals surface area contributed by atoms with Gasteiger partial charge in [0.2, 0.25) is 5.91 Å². The van der Waals surface area contributed by atoms with Gasteiger partial charge in [0.1, 0.15) is 17.1 Å². The summed E-state index contributed by atoms with van der Waals surface area (Å²) in [5, 5.41) is 3.02. The smallest absolute Gasteiger partial charge is 0.341 e. The van der Waals surface area contributed by atoms with E-state index in [1.165, 1.54) is 7.11 Å². The number of carbonyl (C=O) groups is 2. The van der Waals surface area contributed by atoms with E-state index >= 15 is 0 Å². The summed E-state index contributed by atoms with van der Waals surface area (Å²) in [7, 11) is 3.17. The zero-order valence-corrected chi connectivity index (χ0v) is 15.9. The van der Waals surface area contributed by atoms with Crippen LogP contribution in [-0.2, 0) is 16.1 Å². The van der Waals surface area contributed by atoms with Crippen LogP contribution < -0.4 is 5.32 Å². The van der Waals surface area contributed by atoms with Crippen LogP contribution in [0.2, 0.25) is 0 Å². The second kappa shape index (κ2) is 8.67. The van der Waals surface area contributed by atoms with Crippen LogP contribution in [0.15, 0.2) is 40.8 Å². The number of methoxy groups -OCH3 is 1. The van der Waals surface area contributed by atoms with Gasteiger partial charge in [-0.3, -0.25) is 9.69 Å². The fourth-order valence-corrected chi connectivity index (χ4v) is 2.68. The topological polar surface area (TPSA) is 71.8 Å². The van der Waals surface area contributed by atoms with Crippen molar-refractivity contribution < 1.29 is 18.7 Å². The molecule has 140 valence electrons. The molecule has 1 aromatic carbocycles. The molecule has 2 aromatic rings. The quantitative estimate of drug-likeness (QED) is 0.770. The molecule has 0 bridgehead atoms. The van der Waals surface area contributed by atoms with E-state index in [-0.39, 0.29) is 18.0 Å². The molecule has 0 aliphatic heterocycles. The molecule has 26 heavy (non-hydrogen) atoms. The number of nitrogens with zero attached hydrogens (tertiary/aromatic N) is 1. The van der Waals surface area contributed by atoms with Crippen LogP contribution in [0.5, 0.6) is 0 Å². The second-order valence-corrected chi connectivity index (χ2v) is 6.41. The fourth-order valence-electron chi connectivity index (χ4n) is 2.68. The van der Waals surface area contributed by atoms with E-state index in [1.807, 2.05) is 56.1 Å². The van der Waals surface area contributed by atoms with Crippen molar-refractivity contribution in [3.8, 4) is 0 Å². The number of aryl methyl sites for hydroxylation is 1. The van der Waals surface area contributed by atoms with E-state index in [0.717, 1.165) is 5.56 Å². The first-order valence-corrected chi connectivity index (χ1v) is 8.56. The molecule has 1 N–H and O–H groups in total. The number of hydrogen-bond acceptors (Lipinski definition) is 5. The first kappa shape index (κ1) is 19.7. The Hall–Kier alpha value is -2.60. The third-order valence-electron chi connectivity index (χ3n) is 4.48. The second-order valence-electron chi connectivity index (χ2n) is 6.41. The van der Waals surface area contributed by atoms with Crippen molar-refractivity contribution in [1.82, 2.24) is 10.2 Å². The Balaban J connectivity index is 1.97. The predicted molar refractivity (Wildman–Crippen MR) is 98.7 cm³/mol. The van der Waals surface area contributed by atoms with E-state index in [0.29, 0.717) is 23.6 Å². The highest BCUT2D eigenvalue weighted by molar-refractivity contribution is 5.90. The molecule has 0 spiro atoms. The lowest BCUT2D eigenvalue weighted by atomic mass is 10.1. The lowest BCUT2D eigenvalue weighted by Gasteiger charge is -2.25. The normalized spacial score (nSPS) is 13.3. The van der Waals surface area contributed by atoms with Gasteiger partial charge in [0, 0.05) is 0 Å². The minimum absolute atomic E-state index is 0.0691. The number of benzene rings is 1. The van der Waals surface area contributed by atoms with E-state index in [1.54, 1.807) is 13.0 Å². The highest BCUT2D eigenvalue weighted by Gasteiger charge is 2.22. The van der Waals surface area contributed by atoms with Gasteiger partial charge in [-0.05, 0) is 39.4 Å². The zero-order chi connectivity index (χ0) is 19.3. The Morgan fingerprint density at radius 2 is 1.88 bits per heavy atom. The van der Waals surface area contributed by atoms with Gasteiger partial charge in [-0.15, -0.1) is 0 Å². The van der Waals surface area contributed by atoms with Crippen LogP contribution in [0.4, 0.5) is 0 Å². The van der Waals surface area contributed by atoms with Crippen molar-refractivity contribution in [2.75, 3.05) is 14.2 Å². The van der Waals surface area contributed by atoms with Gasteiger partial charge in [-0.25, -0.2) is 4.79 Å². The molecule has 0 aliphatic rings. The molecule has 0 saturated carbocycles. The van der Waals surface area contributed by atoms with Gasteiger partial charge >= 0.3 is 5.97 Å². The molecule has 6 heteroatoms. The number of ether oxygens (including phenoxy) is 1. The molecule has 1 heterocycles. The largest absolute Gasteiger partial charge is 0.465 e. The number of nitrogens with one attached hydrogen (secondary N) is 1. The first-order chi connectivity index (χ1) is 12.3. The summed E-state index contributed by atoms with van der Waals surface area (Å²) in [6.07, 6.45) is 0. The predicted octanol–water partition coefficient (Wildman–Crippen LogP) is 3.07. The summed E-state index contributed by atoms with van der Waals surface area (Å²) < 4.78 is 10.3. The van der Waals surface area contributed by atoms with Crippen molar-refractivity contribution in [3.63, 3.8) is 0 Å². The summed E-state index contributed by atoms with van der Waals surface area (Å²) in [6.45, 7) is 5.92. The molecule has 0 saturated heterocycles. The third-order valence-corrected chi connectivity index (χ3v) is 4.48. The van der Waals surface area contributed by atoms with E-state index in [2.05, 4.69) is 5.32 Å². The van der Waals surface area contributed by atoms with Gasteiger partial charge < -0.3 is 14.5 Å². The lowest BCUT2D eigenvalue weighted by molar-refractivity contribution is -0.126. The minimum atomic E-state index is -0.428. The molecule has 2 atom stereocenters. The van der Waals surface area contributed by atoms with Gasteiger partial charge in [0.15, 0.2) is 0 Å². The minimum Gasteiger partial charge on any atom is -0.465 e. The average Bonchev–Trinajstić information content (AvgIpc) is 3.01. The number of hydrogen-bond donors (Lipinski definition) is 1. The van der Waals surface area contributed by atoms with E-state index < -0.39 is 5.97 Å². The van der Waals surface area contributed by atoms with Crippen LogP contribution in [0, 0.1) is 6.92 Å². The Labute approximate surface area is 154 Å². The van der Waals surface area contributed by atoms with Crippen molar-refractivity contribution in [3.05, 3.63) is 59.0 Å². The summed E-state index contributed by atoms with van der Waals surface area (Å²) in [5.41, 5.74) is 1.46. The molecule has 2 unspecified atom stereocenters. The van der Waals surface area contributed by atoms with Gasteiger partial charge in [0.05, 0.1) is 25.7 Å². The molecule has 0 aliphatic carbocycles. The average molecular weight is 358 g/mol.